The van der Waals surface area contributed by atoms with Gasteiger partial charge in [0.25, 0.3) is 0 Å². The molecule has 3 atom stereocenters. The molecule has 0 amide bonds. The molecule has 2 heteroatoms. The largest absolute Gasteiger partial charge is 0.271 e. The second-order valence-corrected chi connectivity index (χ2v) is 4.60. The summed E-state index contributed by atoms with van der Waals surface area (Å²) in [5.74, 6) is 8.27. The second-order valence-electron chi connectivity index (χ2n) is 4.60. The van der Waals surface area contributed by atoms with E-state index in [2.05, 4.69) is 12.3 Å². The predicted molar refractivity (Wildman–Crippen MR) is 50.3 cm³/mol. The first-order chi connectivity index (χ1) is 5.83. The second kappa shape index (κ2) is 3.35. The van der Waals surface area contributed by atoms with Gasteiger partial charge in [-0.1, -0.05) is 19.8 Å². The molecular formula is C10H20N2. The summed E-state index contributed by atoms with van der Waals surface area (Å²) in [5, 5.41) is 0. The lowest BCUT2D eigenvalue weighted by Gasteiger charge is -2.26. The van der Waals surface area contributed by atoms with E-state index in [1.807, 2.05) is 0 Å². The zero-order valence-electron chi connectivity index (χ0n) is 7.92. The summed E-state index contributed by atoms with van der Waals surface area (Å²) in [6.07, 6.45) is 7.02. The first-order valence-corrected chi connectivity index (χ1v) is 5.29. The van der Waals surface area contributed by atoms with Crippen molar-refractivity contribution in [3.63, 3.8) is 0 Å². The van der Waals surface area contributed by atoms with E-state index >= 15 is 0 Å². The first kappa shape index (κ1) is 8.52. The van der Waals surface area contributed by atoms with Gasteiger partial charge in [0.05, 0.1) is 0 Å². The molecule has 0 bridgehead atoms. The Balaban J connectivity index is 1.94. The minimum atomic E-state index is 0.627. The quantitative estimate of drug-likeness (QED) is 0.497. The topological polar surface area (TPSA) is 38.0 Å². The SMILES string of the molecule is CC1CCCC1C(NN)C1CC1. The van der Waals surface area contributed by atoms with Crippen molar-refractivity contribution in [2.24, 2.45) is 23.6 Å². The summed E-state index contributed by atoms with van der Waals surface area (Å²) in [6.45, 7) is 2.38. The van der Waals surface area contributed by atoms with Crippen molar-refractivity contribution in [2.45, 2.75) is 45.1 Å². The molecule has 2 fully saturated rings. The number of nitrogens with one attached hydrogen (secondary N) is 1. The summed E-state index contributed by atoms with van der Waals surface area (Å²) in [4.78, 5) is 0. The lowest BCUT2D eigenvalue weighted by atomic mass is 9.88. The van der Waals surface area contributed by atoms with Gasteiger partial charge in [-0.15, -0.1) is 0 Å². The van der Waals surface area contributed by atoms with Crippen molar-refractivity contribution in [1.82, 2.24) is 5.43 Å². The molecule has 2 nitrogen and oxygen atoms in total. The molecule has 0 aromatic carbocycles. The zero-order chi connectivity index (χ0) is 8.55. The van der Waals surface area contributed by atoms with Gasteiger partial charge < -0.3 is 0 Å². The van der Waals surface area contributed by atoms with Crippen molar-refractivity contribution < 1.29 is 0 Å². The highest BCUT2D eigenvalue weighted by molar-refractivity contribution is 4.93. The predicted octanol–water partition coefficient (Wildman–Crippen LogP) is 1.66. The molecule has 0 radical (unpaired) electrons. The molecule has 0 heterocycles. The van der Waals surface area contributed by atoms with Crippen LogP contribution in [0.3, 0.4) is 0 Å². The fraction of sp³-hybridized carbons (Fsp3) is 1.00. The monoisotopic (exact) mass is 168 g/mol. The number of hydrogen-bond acceptors (Lipinski definition) is 2. The third-order valence-corrected chi connectivity index (χ3v) is 3.71. The molecule has 2 saturated carbocycles. The highest BCUT2D eigenvalue weighted by atomic mass is 15.2. The Morgan fingerprint density at radius 3 is 2.42 bits per heavy atom. The lowest BCUT2D eigenvalue weighted by molar-refractivity contribution is 0.274. The van der Waals surface area contributed by atoms with Gasteiger partial charge in [0.2, 0.25) is 0 Å². The van der Waals surface area contributed by atoms with Crippen LogP contribution in [0.15, 0.2) is 0 Å². The molecule has 0 saturated heterocycles. The average molecular weight is 168 g/mol. The van der Waals surface area contributed by atoms with Crippen LogP contribution in [0, 0.1) is 17.8 Å². The van der Waals surface area contributed by atoms with Crippen LogP contribution in [0.5, 0.6) is 0 Å². The maximum absolute atomic E-state index is 5.61. The van der Waals surface area contributed by atoms with E-state index in [9.17, 15) is 0 Å². The van der Waals surface area contributed by atoms with Crippen LogP contribution in [-0.2, 0) is 0 Å². The third-order valence-electron chi connectivity index (χ3n) is 3.71. The summed E-state index contributed by atoms with van der Waals surface area (Å²) >= 11 is 0. The van der Waals surface area contributed by atoms with Crippen LogP contribution in [0.1, 0.15) is 39.0 Å². The lowest BCUT2D eigenvalue weighted by Crippen LogP contribution is -2.43. The van der Waals surface area contributed by atoms with Crippen LogP contribution < -0.4 is 11.3 Å². The number of hydrazine groups is 1. The van der Waals surface area contributed by atoms with Crippen LogP contribution in [-0.4, -0.2) is 6.04 Å². The summed E-state index contributed by atoms with van der Waals surface area (Å²) < 4.78 is 0. The Bertz CT molecular complexity index is 154. The standard InChI is InChI=1S/C10H20N2/c1-7-3-2-4-9(7)10(12-11)8-5-6-8/h7-10,12H,2-6,11H2,1H3. The number of hydrogen-bond donors (Lipinski definition) is 2. The summed E-state index contributed by atoms with van der Waals surface area (Å²) in [7, 11) is 0. The molecule has 2 rings (SSSR count). The van der Waals surface area contributed by atoms with Gasteiger partial charge >= 0.3 is 0 Å². The average Bonchev–Trinajstić information content (AvgIpc) is 2.80. The van der Waals surface area contributed by atoms with Crippen molar-refractivity contribution in [3.8, 4) is 0 Å². The summed E-state index contributed by atoms with van der Waals surface area (Å²) in [6, 6.07) is 0.627. The van der Waals surface area contributed by atoms with Crippen LogP contribution >= 0.6 is 0 Å². The van der Waals surface area contributed by atoms with Crippen LogP contribution in [0.25, 0.3) is 0 Å². The van der Waals surface area contributed by atoms with Crippen molar-refractivity contribution >= 4 is 0 Å². The van der Waals surface area contributed by atoms with E-state index in [0.29, 0.717) is 6.04 Å². The Morgan fingerprint density at radius 2 is 2.00 bits per heavy atom. The fourth-order valence-electron chi connectivity index (χ4n) is 2.77. The van der Waals surface area contributed by atoms with Gasteiger partial charge in [-0.05, 0) is 37.0 Å². The van der Waals surface area contributed by atoms with E-state index in [4.69, 9.17) is 5.84 Å². The van der Waals surface area contributed by atoms with Crippen molar-refractivity contribution in [1.29, 1.82) is 0 Å². The molecule has 12 heavy (non-hydrogen) atoms. The van der Waals surface area contributed by atoms with Crippen molar-refractivity contribution in [3.05, 3.63) is 0 Å². The van der Waals surface area contributed by atoms with E-state index in [0.717, 1.165) is 17.8 Å². The Labute approximate surface area is 74.9 Å². The number of nitrogens with two attached hydrogens (primary N) is 1. The van der Waals surface area contributed by atoms with Gasteiger partial charge in [0, 0.05) is 6.04 Å². The molecule has 3 N–H and O–H groups in total. The molecule has 0 spiro atoms. The van der Waals surface area contributed by atoms with E-state index in [-0.39, 0.29) is 0 Å². The Morgan fingerprint density at radius 1 is 1.25 bits per heavy atom. The van der Waals surface area contributed by atoms with Gasteiger partial charge in [-0.25, -0.2) is 0 Å². The third kappa shape index (κ3) is 1.50. The van der Waals surface area contributed by atoms with Gasteiger partial charge in [0.15, 0.2) is 0 Å². The van der Waals surface area contributed by atoms with E-state index < -0.39 is 0 Å². The maximum atomic E-state index is 5.61. The van der Waals surface area contributed by atoms with Gasteiger partial charge in [-0.2, -0.15) is 0 Å². The molecule has 2 aliphatic carbocycles. The Kier molecular flexibility index (Phi) is 2.37. The molecule has 3 unspecified atom stereocenters. The van der Waals surface area contributed by atoms with Gasteiger partial charge in [-0.3, -0.25) is 11.3 Å². The van der Waals surface area contributed by atoms with E-state index in [1.54, 1.807) is 0 Å². The first-order valence-electron chi connectivity index (χ1n) is 5.29. The molecule has 0 aromatic rings. The zero-order valence-corrected chi connectivity index (χ0v) is 7.92. The minimum Gasteiger partial charge on any atom is -0.271 e. The molecule has 70 valence electrons. The van der Waals surface area contributed by atoms with Crippen LogP contribution in [0.4, 0.5) is 0 Å². The molecule has 2 aliphatic rings. The normalized spacial score (nSPS) is 38.5. The summed E-state index contributed by atoms with van der Waals surface area (Å²) in [5.41, 5.74) is 3.04. The highest BCUT2D eigenvalue weighted by Gasteiger charge is 2.39. The van der Waals surface area contributed by atoms with Gasteiger partial charge in [0.1, 0.15) is 0 Å². The molecule has 0 aromatic heterocycles. The highest BCUT2D eigenvalue weighted by Crippen LogP contribution is 2.43. The van der Waals surface area contributed by atoms with Crippen LogP contribution in [0.2, 0.25) is 0 Å². The van der Waals surface area contributed by atoms with Crippen molar-refractivity contribution in [2.75, 3.05) is 0 Å². The smallest absolute Gasteiger partial charge is 0.0269 e. The Hall–Kier alpha value is -0.0800. The maximum Gasteiger partial charge on any atom is 0.0269 e. The molecule has 0 aliphatic heterocycles. The minimum absolute atomic E-state index is 0.627. The van der Waals surface area contributed by atoms with E-state index in [1.165, 1.54) is 32.1 Å². The fourth-order valence-corrected chi connectivity index (χ4v) is 2.77. The number of rotatable bonds is 3. The molecular weight excluding hydrogens is 148 g/mol.